The molecule has 3 aromatic carbocycles. The van der Waals surface area contributed by atoms with Gasteiger partial charge in [0, 0.05) is 17.1 Å². The Labute approximate surface area is 187 Å². The Kier molecular flexibility index (Phi) is 5.10. The number of aromatic nitrogens is 2. The van der Waals surface area contributed by atoms with Crippen molar-refractivity contribution in [1.82, 2.24) is 9.97 Å². The zero-order valence-corrected chi connectivity index (χ0v) is 18.2. The second-order valence-corrected chi connectivity index (χ2v) is 8.43. The van der Waals surface area contributed by atoms with E-state index in [0.29, 0.717) is 33.5 Å². The van der Waals surface area contributed by atoms with Crippen molar-refractivity contribution in [3.8, 4) is 5.75 Å². The molecule has 0 saturated carbocycles. The zero-order valence-electron chi connectivity index (χ0n) is 16.6. The van der Waals surface area contributed by atoms with Gasteiger partial charge in [-0.05, 0) is 23.8 Å². The molecule has 0 bridgehead atoms. The number of thiazole rings is 1. The molecule has 0 atom stereocenters. The van der Waals surface area contributed by atoms with Crippen LogP contribution in [0, 0.1) is 0 Å². The fraction of sp³-hybridized carbons (Fsp3) is 0.0833. The molecular weight excluding hydrogens is 430 g/mol. The molecule has 2 heterocycles. The molecule has 5 aromatic rings. The number of nitrogens with one attached hydrogen (secondary N) is 1. The molecule has 7 heteroatoms. The van der Waals surface area contributed by atoms with Crippen LogP contribution < -0.4 is 9.64 Å². The van der Waals surface area contributed by atoms with Crippen LogP contribution in [0.5, 0.6) is 5.75 Å². The quantitative estimate of drug-likeness (QED) is 0.344. The molecule has 5 nitrogen and oxygen atoms in total. The van der Waals surface area contributed by atoms with E-state index in [1.54, 1.807) is 30.3 Å². The summed E-state index contributed by atoms with van der Waals surface area (Å²) >= 11 is 7.81. The highest BCUT2D eigenvalue weighted by Gasteiger charge is 2.25. The number of aromatic amines is 1. The number of hydrogen-bond acceptors (Lipinski definition) is 4. The summed E-state index contributed by atoms with van der Waals surface area (Å²) in [4.78, 5) is 23.4. The Hall–Kier alpha value is -3.35. The summed E-state index contributed by atoms with van der Waals surface area (Å²) in [6.45, 7) is 0.388. The molecule has 0 saturated heterocycles. The van der Waals surface area contributed by atoms with Crippen molar-refractivity contribution in [1.29, 1.82) is 0 Å². The van der Waals surface area contributed by atoms with Gasteiger partial charge in [-0.15, -0.1) is 0 Å². The second kappa shape index (κ2) is 8.06. The van der Waals surface area contributed by atoms with E-state index >= 15 is 0 Å². The molecule has 0 unspecified atom stereocenters. The maximum absolute atomic E-state index is 13.7. The van der Waals surface area contributed by atoms with Crippen molar-refractivity contribution in [2.24, 2.45) is 0 Å². The average molecular weight is 448 g/mol. The van der Waals surface area contributed by atoms with E-state index in [0.717, 1.165) is 21.2 Å². The van der Waals surface area contributed by atoms with Crippen LogP contribution in [0.1, 0.15) is 15.9 Å². The Morgan fingerprint density at radius 3 is 2.68 bits per heavy atom. The Morgan fingerprint density at radius 1 is 1.10 bits per heavy atom. The van der Waals surface area contributed by atoms with E-state index in [1.807, 2.05) is 54.6 Å². The lowest BCUT2D eigenvalue weighted by molar-refractivity contribution is 0.0986. The van der Waals surface area contributed by atoms with Crippen LogP contribution in [0.15, 0.2) is 72.9 Å². The number of benzene rings is 3. The number of fused-ring (bicyclic) bond motifs is 2. The predicted octanol–water partition coefficient (Wildman–Crippen LogP) is 6.29. The maximum atomic E-state index is 13.7. The minimum Gasteiger partial charge on any atom is -0.494 e. The van der Waals surface area contributed by atoms with E-state index in [2.05, 4.69) is 4.98 Å². The van der Waals surface area contributed by atoms with Crippen LogP contribution in [-0.2, 0) is 6.54 Å². The molecular formula is C24H18ClN3O2S. The monoisotopic (exact) mass is 447 g/mol. The summed E-state index contributed by atoms with van der Waals surface area (Å²) in [7, 11) is 1.60. The van der Waals surface area contributed by atoms with Crippen molar-refractivity contribution in [3.05, 3.63) is 89.1 Å². The van der Waals surface area contributed by atoms with Crippen LogP contribution >= 0.6 is 22.9 Å². The van der Waals surface area contributed by atoms with Gasteiger partial charge in [0.1, 0.15) is 11.3 Å². The van der Waals surface area contributed by atoms with Crippen molar-refractivity contribution in [2.75, 3.05) is 12.0 Å². The smallest absolute Gasteiger partial charge is 0.262 e. The Bertz CT molecular complexity index is 1390. The number of hydrogen-bond donors (Lipinski definition) is 1. The molecule has 154 valence electrons. The van der Waals surface area contributed by atoms with E-state index in [1.165, 1.54) is 11.3 Å². The molecule has 0 radical (unpaired) electrons. The van der Waals surface area contributed by atoms with Gasteiger partial charge in [0.25, 0.3) is 5.91 Å². The van der Waals surface area contributed by atoms with Crippen LogP contribution in [0.3, 0.4) is 0 Å². The van der Waals surface area contributed by atoms with Gasteiger partial charge in [-0.2, -0.15) is 0 Å². The third-order valence-electron chi connectivity index (χ3n) is 5.15. The van der Waals surface area contributed by atoms with Gasteiger partial charge in [0.15, 0.2) is 5.13 Å². The summed E-state index contributed by atoms with van der Waals surface area (Å²) in [5.74, 6) is 0.497. The zero-order chi connectivity index (χ0) is 21.4. The summed E-state index contributed by atoms with van der Waals surface area (Å²) in [5.41, 5.74) is 3.18. The summed E-state index contributed by atoms with van der Waals surface area (Å²) in [5, 5.41) is 2.03. The number of nitrogens with zero attached hydrogens (tertiary/aromatic N) is 2. The van der Waals surface area contributed by atoms with Gasteiger partial charge in [-0.1, -0.05) is 71.5 Å². The molecule has 1 amide bonds. The van der Waals surface area contributed by atoms with Crippen LogP contribution in [0.2, 0.25) is 5.02 Å². The van der Waals surface area contributed by atoms with E-state index < -0.39 is 0 Å². The van der Waals surface area contributed by atoms with Gasteiger partial charge in [0.2, 0.25) is 0 Å². The minimum absolute atomic E-state index is 0.129. The number of amides is 1. The SMILES string of the molecule is COc1ccc(Cl)c2sc(N(Cc3ccccc3)C(=O)c3c[nH]c4ccccc34)nc12. The molecule has 1 N–H and O–H groups in total. The van der Waals surface area contributed by atoms with Crippen molar-refractivity contribution < 1.29 is 9.53 Å². The van der Waals surface area contributed by atoms with Crippen molar-refractivity contribution in [2.45, 2.75) is 6.54 Å². The topological polar surface area (TPSA) is 58.2 Å². The van der Waals surface area contributed by atoms with E-state index in [9.17, 15) is 4.79 Å². The van der Waals surface area contributed by atoms with E-state index in [-0.39, 0.29) is 5.91 Å². The number of rotatable bonds is 5. The lowest BCUT2D eigenvalue weighted by Gasteiger charge is -2.20. The highest BCUT2D eigenvalue weighted by Crippen LogP contribution is 2.39. The summed E-state index contributed by atoms with van der Waals surface area (Å²) in [6, 6.07) is 21.2. The molecule has 2 aromatic heterocycles. The second-order valence-electron chi connectivity index (χ2n) is 7.05. The third kappa shape index (κ3) is 3.54. The minimum atomic E-state index is -0.129. The number of H-pyrrole nitrogens is 1. The number of carbonyl (C=O) groups is 1. The first-order valence-electron chi connectivity index (χ1n) is 9.70. The standard InChI is InChI=1S/C24H18ClN3O2S/c1-30-20-12-11-18(25)22-21(20)27-24(31-22)28(14-15-7-3-2-4-8-15)23(29)17-13-26-19-10-6-5-9-16(17)19/h2-13,26H,14H2,1H3. The van der Waals surface area contributed by atoms with Gasteiger partial charge in [0.05, 0.1) is 28.9 Å². The molecule has 5 rings (SSSR count). The highest BCUT2D eigenvalue weighted by atomic mass is 35.5. The van der Waals surface area contributed by atoms with Gasteiger partial charge in [-0.3, -0.25) is 9.69 Å². The lowest BCUT2D eigenvalue weighted by Crippen LogP contribution is -2.30. The molecule has 0 spiro atoms. The first kappa shape index (κ1) is 19.6. The Morgan fingerprint density at radius 2 is 1.87 bits per heavy atom. The Balaban J connectivity index is 1.65. The fourth-order valence-electron chi connectivity index (χ4n) is 3.61. The third-order valence-corrected chi connectivity index (χ3v) is 6.69. The molecule has 0 aliphatic rings. The predicted molar refractivity (Wildman–Crippen MR) is 126 cm³/mol. The first-order chi connectivity index (χ1) is 15.2. The fourth-order valence-corrected chi connectivity index (χ4v) is 4.86. The number of methoxy groups -OCH3 is 1. The van der Waals surface area contributed by atoms with Gasteiger partial charge >= 0.3 is 0 Å². The molecule has 0 aliphatic carbocycles. The number of halogens is 1. The highest BCUT2D eigenvalue weighted by molar-refractivity contribution is 7.23. The summed E-state index contributed by atoms with van der Waals surface area (Å²) < 4.78 is 6.25. The van der Waals surface area contributed by atoms with Crippen molar-refractivity contribution in [3.63, 3.8) is 0 Å². The number of para-hydroxylation sites is 1. The first-order valence-corrected chi connectivity index (χ1v) is 10.9. The molecule has 0 fully saturated rings. The largest absolute Gasteiger partial charge is 0.494 e. The lowest BCUT2D eigenvalue weighted by atomic mass is 10.1. The molecule has 0 aliphatic heterocycles. The van der Waals surface area contributed by atoms with Crippen LogP contribution in [-0.4, -0.2) is 23.0 Å². The van der Waals surface area contributed by atoms with Gasteiger partial charge < -0.3 is 9.72 Å². The average Bonchev–Trinajstić information content (AvgIpc) is 3.43. The van der Waals surface area contributed by atoms with Crippen molar-refractivity contribution >= 4 is 55.1 Å². The van der Waals surface area contributed by atoms with Gasteiger partial charge in [-0.25, -0.2) is 4.98 Å². The maximum Gasteiger partial charge on any atom is 0.262 e. The number of anilines is 1. The molecule has 31 heavy (non-hydrogen) atoms. The summed E-state index contributed by atoms with van der Waals surface area (Å²) in [6.07, 6.45) is 1.76. The van der Waals surface area contributed by atoms with E-state index in [4.69, 9.17) is 21.3 Å². The number of ether oxygens (including phenoxy) is 1. The normalized spacial score (nSPS) is 11.2. The van der Waals surface area contributed by atoms with Crippen LogP contribution in [0.25, 0.3) is 21.1 Å². The van der Waals surface area contributed by atoms with Crippen LogP contribution in [0.4, 0.5) is 5.13 Å². The number of carbonyl (C=O) groups excluding carboxylic acids is 1.